The van der Waals surface area contributed by atoms with Crippen LogP contribution >= 0.6 is 0 Å². The van der Waals surface area contributed by atoms with Crippen molar-refractivity contribution in [3.63, 3.8) is 0 Å². The second kappa shape index (κ2) is 4.96. The van der Waals surface area contributed by atoms with Crippen LogP contribution in [-0.2, 0) is 19.1 Å². The fourth-order valence-electron chi connectivity index (χ4n) is 1.34. The molecule has 4 heteroatoms. The topological polar surface area (TPSA) is 52.6 Å². The summed E-state index contributed by atoms with van der Waals surface area (Å²) in [4.78, 5) is 22.8. The monoisotopic (exact) mass is 212 g/mol. The predicted octanol–water partition coefficient (Wildman–Crippen LogP) is 1.94. The summed E-state index contributed by atoms with van der Waals surface area (Å²) in [5, 5.41) is 0. The highest BCUT2D eigenvalue weighted by molar-refractivity contribution is 6.00. The van der Waals surface area contributed by atoms with Crippen LogP contribution in [0.1, 0.15) is 40.0 Å². The van der Waals surface area contributed by atoms with Crippen molar-refractivity contribution in [1.82, 2.24) is 0 Å². The highest BCUT2D eigenvalue weighted by atomic mass is 16.6. The lowest BCUT2D eigenvalue weighted by molar-refractivity contribution is -0.142. The summed E-state index contributed by atoms with van der Waals surface area (Å²) < 4.78 is 10.1. The van der Waals surface area contributed by atoms with Crippen LogP contribution in [0.2, 0.25) is 0 Å². The normalized spacial score (nSPS) is 20.5. The number of unbranched alkanes of at least 4 members (excludes halogenated alkanes) is 1. The zero-order valence-electron chi connectivity index (χ0n) is 9.33. The van der Waals surface area contributed by atoms with E-state index in [1.807, 2.05) is 6.92 Å². The van der Waals surface area contributed by atoms with Crippen molar-refractivity contribution in [3.05, 3.63) is 11.5 Å². The van der Waals surface area contributed by atoms with Gasteiger partial charge in [-0.3, -0.25) is 9.59 Å². The van der Waals surface area contributed by atoms with E-state index in [-0.39, 0.29) is 17.5 Å². The second-order valence-electron chi connectivity index (χ2n) is 3.59. The van der Waals surface area contributed by atoms with Gasteiger partial charge in [-0.25, -0.2) is 0 Å². The molecule has 1 atom stereocenters. The molecule has 15 heavy (non-hydrogen) atoms. The van der Waals surface area contributed by atoms with Gasteiger partial charge in [-0.05, 0) is 20.3 Å². The molecule has 1 aliphatic heterocycles. The Morgan fingerprint density at radius 3 is 2.67 bits per heavy atom. The van der Waals surface area contributed by atoms with Gasteiger partial charge in [0.05, 0.1) is 0 Å². The van der Waals surface area contributed by atoms with Crippen molar-refractivity contribution >= 4 is 11.8 Å². The molecule has 0 bridgehead atoms. The Bertz CT molecular complexity index is 304. The number of esters is 1. The quantitative estimate of drug-likeness (QED) is 0.668. The van der Waals surface area contributed by atoms with Gasteiger partial charge in [0.25, 0.3) is 0 Å². The molecule has 0 saturated heterocycles. The summed E-state index contributed by atoms with van der Waals surface area (Å²) in [6, 6.07) is 0. The fraction of sp³-hybridized carbons (Fsp3) is 0.636. The minimum absolute atomic E-state index is 0.0728. The largest absolute Gasteiger partial charge is 0.483 e. The lowest BCUT2D eigenvalue weighted by atomic mass is 10.2. The minimum Gasteiger partial charge on any atom is -0.483 e. The van der Waals surface area contributed by atoms with Gasteiger partial charge >= 0.3 is 5.97 Å². The zero-order valence-corrected chi connectivity index (χ0v) is 9.33. The van der Waals surface area contributed by atoms with Gasteiger partial charge in [0, 0.05) is 6.42 Å². The number of allylic oxidation sites excluding steroid dienone is 1. The van der Waals surface area contributed by atoms with Crippen LogP contribution < -0.4 is 0 Å². The van der Waals surface area contributed by atoms with E-state index in [2.05, 4.69) is 0 Å². The molecule has 0 fully saturated rings. The summed E-state index contributed by atoms with van der Waals surface area (Å²) in [7, 11) is 0. The molecule has 0 aromatic rings. The molecule has 1 rings (SSSR count). The molecule has 1 unspecified atom stereocenters. The van der Waals surface area contributed by atoms with Gasteiger partial charge in [0.15, 0.2) is 6.10 Å². The molecule has 0 N–H and O–H groups in total. The molecular weight excluding hydrogens is 196 g/mol. The molecule has 0 aromatic carbocycles. The van der Waals surface area contributed by atoms with E-state index in [9.17, 15) is 9.59 Å². The Hall–Kier alpha value is -1.32. The van der Waals surface area contributed by atoms with Gasteiger partial charge < -0.3 is 9.47 Å². The van der Waals surface area contributed by atoms with Crippen LogP contribution in [0.3, 0.4) is 0 Å². The maximum Gasteiger partial charge on any atom is 0.311 e. The summed E-state index contributed by atoms with van der Waals surface area (Å²) in [6.45, 7) is 5.26. The van der Waals surface area contributed by atoms with Gasteiger partial charge in [-0.2, -0.15) is 0 Å². The number of hydrogen-bond donors (Lipinski definition) is 0. The summed E-state index contributed by atoms with van der Waals surface area (Å²) in [5.41, 5.74) is 0. The SMILES string of the molecule is CCCCC(=O)OC1=C(C)OC(C)C1=O. The minimum atomic E-state index is -0.529. The Balaban J connectivity index is 2.54. The van der Waals surface area contributed by atoms with E-state index in [0.29, 0.717) is 12.2 Å². The van der Waals surface area contributed by atoms with Gasteiger partial charge in [-0.15, -0.1) is 0 Å². The Morgan fingerprint density at radius 1 is 1.53 bits per heavy atom. The molecule has 0 spiro atoms. The second-order valence-corrected chi connectivity index (χ2v) is 3.59. The average molecular weight is 212 g/mol. The molecular formula is C11H16O4. The van der Waals surface area contributed by atoms with Crippen LogP contribution in [0.15, 0.2) is 11.5 Å². The Labute approximate surface area is 89.2 Å². The summed E-state index contributed by atoms with van der Waals surface area (Å²) >= 11 is 0. The van der Waals surface area contributed by atoms with Gasteiger partial charge in [0.1, 0.15) is 5.76 Å². The number of rotatable bonds is 4. The summed E-state index contributed by atoms with van der Waals surface area (Å²) in [6.07, 6.45) is 1.51. The smallest absolute Gasteiger partial charge is 0.311 e. The van der Waals surface area contributed by atoms with Crippen molar-refractivity contribution in [1.29, 1.82) is 0 Å². The van der Waals surface area contributed by atoms with Crippen molar-refractivity contribution < 1.29 is 19.1 Å². The fourth-order valence-corrected chi connectivity index (χ4v) is 1.34. The first kappa shape index (κ1) is 11.8. The number of ether oxygens (including phenoxy) is 2. The van der Waals surface area contributed by atoms with Gasteiger partial charge in [-0.1, -0.05) is 13.3 Å². The van der Waals surface area contributed by atoms with Crippen molar-refractivity contribution in [2.75, 3.05) is 0 Å². The van der Waals surface area contributed by atoms with Crippen molar-refractivity contribution in [3.8, 4) is 0 Å². The molecule has 4 nitrogen and oxygen atoms in total. The highest BCUT2D eigenvalue weighted by Gasteiger charge is 2.32. The van der Waals surface area contributed by atoms with E-state index in [4.69, 9.17) is 9.47 Å². The molecule has 0 saturated carbocycles. The maximum atomic E-state index is 11.5. The summed E-state index contributed by atoms with van der Waals surface area (Å²) in [5.74, 6) is -0.143. The van der Waals surface area contributed by atoms with E-state index in [0.717, 1.165) is 12.8 Å². The highest BCUT2D eigenvalue weighted by Crippen LogP contribution is 2.22. The van der Waals surface area contributed by atoms with E-state index in [1.54, 1.807) is 13.8 Å². The molecule has 0 aromatic heterocycles. The first-order valence-corrected chi connectivity index (χ1v) is 5.18. The first-order chi connectivity index (χ1) is 7.06. The third kappa shape index (κ3) is 2.81. The van der Waals surface area contributed by atoms with Crippen LogP contribution in [0.25, 0.3) is 0 Å². The van der Waals surface area contributed by atoms with Crippen LogP contribution in [-0.4, -0.2) is 17.9 Å². The number of carbonyl (C=O) groups excluding carboxylic acids is 2. The zero-order chi connectivity index (χ0) is 11.4. The van der Waals surface area contributed by atoms with Crippen LogP contribution in [0.4, 0.5) is 0 Å². The molecule has 84 valence electrons. The molecule has 0 amide bonds. The van der Waals surface area contributed by atoms with Crippen molar-refractivity contribution in [2.24, 2.45) is 0 Å². The van der Waals surface area contributed by atoms with Gasteiger partial charge in [0.2, 0.25) is 11.5 Å². The lowest BCUT2D eigenvalue weighted by Gasteiger charge is -2.02. The standard InChI is InChI=1S/C11H16O4/c1-4-5-6-9(12)15-11-8(3)14-7(2)10(11)13/h7H,4-6H2,1-3H3. The number of Topliss-reactive ketones (excluding diaryl/α,β-unsaturated/α-hetero) is 1. The average Bonchev–Trinajstić information content (AvgIpc) is 2.42. The van der Waals surface area contributed by atoms with E-state index >= 15 is 0 Å². The third-order valence-corrected chi connectivity index (χ3v) is 2.22. The van der Waals surface area contributed by atoms with E-state index in [1.165, 1.54) is 0 Å². The molecule has 1 heterocycles. The molecule has 0 radical (unpaired) electrons. The van der Waals surface area contributed by atoms with Crippen LogP contribution in [0.5, 0.6) is 0 Å². The third-order valence-electron chi connectivity index (χ3n) is 2.22. The first-order valence-electron chi connectivity index (χ1n) is 5.18. The predicted molar refractivity (Wildman–Crippen MR) is 53.9 cm³/mol. The Kier molecular flexibility index (Phi) is 3.88. The van der Waals surface area contributed by atoms with E-state index < -0.39 is 6.10 Å². The lowest BCUT2D eigenvalue weighted by Crippen LogP contribution is -2.16. The van der Waals surface area contributed by atoms with Crippen molar-refractivity contribution in [2.45, 2.75) is 46.1 Å². The number of ketones is 1. The molecule has 1 aliphatic rings. The number of carbonyl (C=O) groups is 2. The Morgan fingerprint density at radius 2 is 2.20 bits per heavy atom. The van der Waals surface area contributed by atoms with Crippen LogP contribution in [0, 0.1) is 0 Å². The number of hydrogen-bond acceptors (Lipinski definition) is 4. The molecule has 0 aliphatic carbocycles. The maximum absolute atomic E-state index is 11.5.